The van der Waals surface area contributed by atoms with Crippen LogP contribution in [0.5, 0.6) is 11.5 Å². The van der Waals surface area contributed by atoms with Crippen LogP contribution in [0, 0.1) is 12.8 Å². The van der Waals surface area contributed by atoms with E-state index in [-0.39, 0.29) is 22.5 Å². The van der Waals surface area contributed by atoms with E-state index >= 15 is 0 Å². The van der Waals surface area contributed by atoms with Gasteiger partial charge in [0.1, 0.15) is 0 Å². The summed E-state index contributed by atoms with van der Waals surface area (Å²) in [5, 5.41) is 9.53. The molecule has 1 fully saturated rings. The highest BCUT2D eigenvalue weighted by molar-refractivity contribution is 6.32. The van der Waals surface area contributed by atoms with E-state index in [0.29, 0.717) is 17.1 Å². The molecule has 3 N–H and O–H groups in total. The fourth-order valence-corrected chi connectivity index (χ4v) is 3.61. The molecule has 0 saturated heterocycles. The number of carboxylic acids is 1. The first-order valence-corrected chi connectivity index (χ1v) is 7.89. The molecule has 5 nitrogen and oxygen atoms in total. The van der Waals surface area contributed by atoms with Crippen molar-refractivity contribution in [1.82, 2.24) is 0 Å². The SMILES string of the molecule is Cc1c(C(=O)O)cc(Cl)c2c1O[C@@](C)(C1CCC(N)CC1)O2. The van der Waals surface area contributed by atoms with Gasteiger partial charge in [0.25, 0.3) is 5.79 Å². The molecule has 1 aromatic carbocycles. The van der Waals surface area contributed by atoms with Crippen molar-refractivity contribution in [3.8, 4) is 11.5 Å². The summed E-state index contributed by atoms with van der Waals surface area (Å²) in [6.45, 7) is 3.61. The van der Waals surface area contributed by atoms with Crippen LogP contribution in [0.4, 0.5) is 0 Å². The minimum atomic E-state index is -1.02. The van der Waals surface area contributed by atoms with Crippen LogP contribution in [0.15, 0.2) is 6.07 Å². The Balaban J connectivity index is 1.93. The smallest absolute Gasteiger partial charge is 0.336 e. The maximum Gasteiger partial charge on any atom is 0.336 e. The summed E-state index contributed by atoms with van der Waals surface area (Å²) >= 11 is 6.19. The van der Waals surface area contributed by atoms with Crippen molar-refractivity contribution in [3.63, 3.8) is 0 Å². The van der Waals surface area contributed by atoms with Crippen LogP contribution >= 0.6 is 11.6 Å². The van der Waals surface area contributed by atoms with Crippen molar-refractivity contribution in [2.24, 2.45) is 11.7 Å². The summed E-state index contributed by atoms with van der Waals surface area (Å²) in [7, 11) is 0. The van der Waals surface area contributed by atoms with Gasteiger partial charge >= 0.3 is 5.97 Å². The highest BCUT2D eigenvalue weighted by Crippen LogP contribution is 2.51. The van der Waals surface area contributed by atoms with Crippen molar-refractivity contribution >= 4 is 17.6 Å². The molecule has 1 atom stereocenters. The van der Waals surface area contributed by atoms with Crippen LogP contribution in [0.2, 0.25) is 5.02 Å². The van der Waals surface area contributed by atoms with E-state index in [4.69, 9.17) is 26.8 Å². The van der Waals surface area contributed by atoms with E-state index in [0.717, 1.165) is 25.7 Å². The Labute approximate surface area is 134 Å². The Hall–Kier alpha value is -1.46. The minimum absolute atomic E-state index is 0.141. The molecule has 1 heterocycles. The molecule has 120 valence electrons. The van der Waals surface area contributed by atoms with Gasteiger partial charge in [-0.1, -0.05) is 11.6 Å². The van der Waals surface area contributed by atoms with Gasteiger partial charge in [0, 0.05) is 24.4 Å². The average molecular weight is 326 g/mol. The molecule has 0 unspecified atom stereocenters. The zero-order valence-electron chi connectivity index (χ0n) is 12.7. The number of hydrogen-bond acceptors (Lipinski definition) is 4. The number of carboxylic acid groups (broad SMARTS) is 1. The zero-order valence-corrected chi connectivity index (χ0v) is 13.4. The number of rotatable bonds is 2. The number of halogens is 1. The molecule has 3 rings (SSSR count). The molecule has 22 heavy (non-hydrogen) atoms. The Morgan fingerprint density at radius 3 is 2.50 bits per heavy atom. The fourth-order valence-electron chi connectivity index (χ4n) is 3.38. The van der Waals surface area contributed by atoms with Crippen LogP contribution in [0.1, 0.15) is 48.5 Å². The van der Waals surface area contributed by atoms with Crippen molar-refractivity contribution in [2.75, 3.05) is 0 Å². The Morgan fingerprint density at radius 2 is 1.91 bits per heavy atom. The number of fused-ring (bicyclic) bond motifs is 1. The first-order valence-electron chi connectivity index (χ1n) is 7.52. The summed E-state index contributed by atoms with van der Waals surface area (Å²) in [4.78, 5) is 11.3. The number of nitrogens with two attached hydrogens (primary N) is 1. The predicted molar refractivity (Wildman–Crippen MR) is 82.7 cm³/mol. The molecule has 0 amide bonds. The lowest BCUT2D eigenvalue weighted by molar-refractivity contribution is -0.120. The van der Waals surface area contributed by atoms with Crippen LogP contribution in [0.25, 0.3) is 0 Å². The number of benzene rings is 1. The molecule has 1 saturated carbocycles. The van der Waals surface area contributed by atoms with Gasteiger partial charge in [-0.05, 0) is 38.7 Å². The van der Waals surface area contributed by atoms with E-state index in [1.165, 1.54) is 6.07 Å². The first kappa shape index (κ1) is 15.4. The van der Waals surface area contributed by atoms with Crippen LogP contribution < -0.4 is 15.2 Å². The normalized spacial score (nSPS) is 30.4. The number of hydrogen-bond donors (Lipinski definition) is 2. The van der Waals surface area contributed by atoms with Crippen molar-refractivity contribution in [3.05, 3.63) is 22.2 Å². The summed E-state index contributed by atoms with van der Waals surface area (Å²) < 4.78 is 12.1. The van der Waals surface area contributed by atoms with Gasteiger partial charge in [-0.2, -0.15) is 0 Å². The minimum Gasteiger partial charge on any atom is -0.478 e. The van der Waals surface area contributed by atoms with Crippen molar-refractivity contribution in [1.29, 1.82) is 0 Å². The molecule has 0 aromatic heterocycles. The molecule has 1 aliphatic carbocycles. The third kappa shape index (κ3) is 2.42. The zero-order chi connectivity index (χ0) is 16.1. The topological polar surface area (TPSA) is 81.8 Å². The average Bonchev–Trinajstić information content (AvgIpc) is 2.83. The second-order valence-electron chi connectivity index (χ2n) is 6.33. The van der Waals surface area contributed by atoms with E-state index < -0.39 is 11.8 Å². The first-order chi connectivity index (χ1) is 10.3. The maximum atomic E-state index is 11.3. The summed E-state index contributed by atoms with van der Waals surface area (Å²) in [5.74, 6) is -0.733. The van der Waals surface area contributed by atoms with Crippen molar-refractivity contribution in [2.45, 2.75) is 51.4 Å². The second-order valence-corrected chi connectivity index (χ2v) is 6.73. The molecule has 6 heteroatoms. The highest BCUT2D eigenvalue weighted by atomic mass is 35.5. The van der Waals surface area contributed by atoms with Gasteiger partial charge < -0.3 is 20.3 Å². The van der Waals surface area contributed by atoms with Gasteiger partial charge in [0.2, 0.25) is 0 Å². The Kier molecular flexibility index (Phi) is 3.73. The monoisotopic (exact) mass is 325 g/mol. The van der Waals surface area contributed by atoms with Gasteiger partial charge in [-0.15, -0.1) is 0 Å². The lowest BCUT2D eigenvalue weighted by Gasteiger charge is -2.36. The van der Waals surface area contributed by atoms with E-state index in [9.17, 15) is 9.90 Å². The summed E-state index contributed by atoms with van der Waals surface area (Å²) in [6, 6.07) is 1.66. The van der Waals surface area contributed by atoms with Gasteiger partial charge in [0.15, 0.2) is 11.5 Å². The number of carbonyl (C=O) groups is 1. The quantitative estimate of drug-likeness (QED) is 0.871. The fraction of sp³-hybridized carbons (Fsp3) is 0.562. The van der Waals surface area contributed by atoms with Crippen LogP contribution in [-0.2, 0) is 0 Å². The molecule has 1 aromatic rings. The highest BCUT2D eigenvalue weighted by Gasteiger charge is 2.47. The molecule has 2 aliphatic rings. The second kappa shape index (κ2) is 5.32. The van der Waals surface area contributed by atoms with Gasteiger partial charge in [0.05, 0.1) is 10.6 Å². The number of ether oxygens (including phenoxy) is 2. The van der Waals surface area contributed by atoms with Crippen molar-refractivity contribution < 1.29 is 19.4 Å². The standard InChI is InChI=1S/C16H20ClNO4/c1-8-11(15(19)20)7-12(17)14-13(8)21-16(2,22-14)9-3-5-10(18)6-4-9/h7,9-10H,3-6,18H2,1-2H3,(H,19,20)/t9?,10?,16-/m1/s1. The molecule has 0 radical (unpaired) electrons. The van der Waals surface area contributed by atoms with E-state index in [1.807, 2.05) is 6.92 Å². The molecule has 0 spiro atoms. The van der Waals surface area contributed by atoms with Crippen LogP contribution in [0.3, 0.4) is 0 Å². The predicted octanol–water partition coefficient (Wildman–Crippen LogP) is 3.35. The van der Waals surface area contributed by atoms with E-state index in [2.05, 4.69) is 0 Å². The third-order valence-corrected chi connectivity index (χ3v) is 5.07. The number of aromatic carboxylic acids is 1. The van der Waals surface area contributed by atoms with Crippen LogP contribution in [-0.4, -0.2) is 22.9 Å². The lowest BCUT2D eigenvalue weighted by Crippen LogP contribution is -2.46. The van der Waals surface area contributed by atoms with Gasteiger partial charge in [-0.3, -0.25) is 0 Å². The lowest BCUT2D eigenvalue weighted by atomic mass is 9.81. The maximum absolute atomic E-state index is 11.3. The van der Waals surface area contributed by atoms with Gasteiger partial charge in [-0.25, -0.2) is 4.79 Å². The Morgan fingerprint density at radius 1 is 1.32 bits per heavy atom. The summed E-state index contributed by atoms with van der Waals surface area (Å²) in [5.41, 5.74) is 6.64. The molecule has 1 aliphatic heterocycles. The molecular formula is C16H20ClNO4. The third-order valence-electron chi connectivity index (χ3n) is 4.79. The molecular weight excluding hydrogens is 306 g/mol. The summed E-state index contributed by atoms with van der Waals surface area (Å²) in [6.07, 6.45) is 3.73. The van der Waals surface area contributed by atoms with E-state index in [1.54, 1.807) is 6.92 Å². The Bertz CT molecular complexity index is 625. The largest absolute Gasteiger partial charge is 0.478 e. The molecule has 0 bridgehead atoms.